The van der Waals surface area contributed by atoms with Crippen LogP contribution in [0.5, 0.6) is 11.5 Å². The molecule has 0 radical (unpaired) electrons. The fourth-order valence-electron chi connectivity index (χ4n) is 4.68. The number of ketones is 1. The van der Waals surface area contributed by atoms with Gasteiger partial charge in [0.2, 0.25) is 6.79 Å². The summed E-state index contributed by atoms with van der Waals surface area (Å²) in [6.45, 7) is 11.4. The zero-order valence-corrected chi connectivity index (χ0v) is 16.6. The van der Waals surface area contributed by atoms with Crippen molar-refractivity contribution in [2.45, 2.75) is 34.1 Å². The Morgan fingerprint density at radius 3 is 2.52 bits per heavy atom. The van der Waals surface area contributed by atoms with E-state index < -0.39 is 0 Å². The third kappa shape index (κ3) is 3.48. The van der Waals surface area contributed by atoms with Crippen molar-refractivity contribution < 1.29 is 14.3 Å². The Kier molecular flexibility index (Phi) is 4.72. The summed E-state index contributed by atoms with van der Waals surface area (Å²) in [6.07, 6.45) is 1.25. The Morgan fingerprint density at radius 1 is 1.07 bits per heavy atom. The lowest BCUT2D eigenvalue weighted by molar-refractivity contribution is 0.0849. The van der Waals surface area contributed by atoms with Gasteiger partial charge < -0.3 is 14.0 Å². The fraction of sp³-hybridized carbons (Fsp3) is 0.500. The summed E-state index contributed by atoms with van der Waals surface area (Å²) in [7, 11) is 0. The molecular formula is C22H28N2O3. The van der Waals surface area contributed by atoms with Crippen molar-refractivity contribution in [2.24, 2.45) is 11.8 Å². The summed E-state index contributed by atoms with van der Waals surface area (Å²) in [4.78, 5) is 15.3. The van der Waals surface area contributed by atoms with E-state index in [1.54, 1.807) is 0 Å². The van der Waals surface area contributed by atoms with E-state index in [1.807, 2.05) is 38.1 Å². The van der Waals surface area contributed by atoms with Crippen LogP contribution in [0.15, 0.2) is 24.3 Å². The molecular weight excluding hydrogens is 340 g/mol. The van der Waals surface area contributed by atoms with Gasteiger partial charge in [-0.05, 0) is 50.3 Å². The van der Waals surface area contributed by atoms with Crippen LogP contribution in [0.25, 0.3) is 5.69 Å². The van der Waals surface area contributed by atoms with Gasteiger partial charge in [0, 0.05) is 41.8 Å². The van der Waals surface area contributed by atoms with E-state index in [0.717, 1.165) is 47.2 Å². The van der Waals surface area contributed by atoms with Gasteiger partial charge in [-0.2, -0.15) is 0 Å². The molecule has 3 heterocycles. The maximum Gasteiger partial charge on any atom is 0.231 e. The first-order chi connectivity index (χ1) is 12.9. The summed E-state index contributed by atoms with van der Waals surface area (Å²) in [6, 6.07) is 7.92. The first-order valence-corrected chi connectivity index (χ1v) is 9.77. The van der Waals surface area contributed by atoms with Crippen molar-refractivity contribution in [1.29, 1.82) is 0 Å². The number of benzene rings is 1. The lowest BCUT2D eigenvalue weighted by atomic mass is 9.91. The highest BCUT2D eigenvalue weighted by atomic mass is 16.7. The molecule has 0 aliphatic carbocycles. The molecule has 4 rings (SSSR count). The molecule has 1 aromatic carbocycles. The number of rotatable bonds is 4. The van der Waals surface area contributed by atoms with E-state index in [1.165, 1.54) is 6.42 Å². The first kappa shape index (κ1) is 18.1. The first-order valence-electron chi connectivity index (χ1n) is 9.77. The maximum atomic E-state index is 13.0. The van der Waals surface area contributed by atoms with Crippen molar-refractivity contribution >= 4 is 5.78 Å². The molecule has 1 saturated heterocycles. The van der Waals surface area contributed by atoms with Crippen molar-refractivity contribution in [3.05, 3.63) is 41.2 Å². The largest absolute Gasteiger partial charge is 0.454 e. The molecule has 0 saturated carbocycles. The molecule has 2 aromatic rings. The van der Waals surface area contributed by atoms with Gasteiger partial charge in [-0.15, -0.1) is 0 Å². The number of Topliss-reactive ketones (excluding diaryl/α,β-unsaturated/α-hetero) is 1. The number of hydrogen-bond donors (Lipinski definition) is 0. The van der Waals surface area contributed by atoms with E-state index >= 15 is 0 Å². The van der Waals surface area contributed by atoms with Crippen LogP contribution in [-0.2, 0) is 0 Å². The average Bonchev–Trinajstić information content (AvgIpc) is 3.17. The van der Waals surface area contributed by atoms with Crippen molar-refractivity contribution in [2.75, 3.05) is 26.4 Å². The summed E-state index contributed by atoms with van der Waals surface area (Å²) < 4.78 is 13.0. The molecule has 0 spiro atoms. The normalized spacial score (nSPS) is 22.2. The molecule has 5 heteroatoms. The zero-order valence-electron chi connectivity index (χ0n) is 16.6. The number of carbonyl (C=O) groups is 1. The van der Waals surface area contributed by atoms with Crippen LogP contribution in [0, 0.1) is 25.7 Å². The molecule has 0 N–H and O–H groups in total. The van der Waals surface area contributed by atoms with E-state index in [0.29, 0.717) is 18.4 Å². The Hall–Kier alpha value is -2.27. The fourth-order valence-corrected chi connectivity index (χ4v) is 4.68. The smallest absolute Gasteiger partial charge is 0.231 e. The minimum absolute atomic E-state index is 0.205. The number of nitrogens with zero attached hydrogens (tertiary/aromatic N) is 2. The van der Waals surface area contributed by atoms with Gasteiger partial charge in [0.1, 0.15) is 0 Å². The van der Waals surface area contributed by atoms with Gasteiger partial charge in [-0.25, -0.2) is 0 Å². The molecule has 144 valence electrons. The molecule has 2 unspecified atom stereocenters. The van der Waals surface area contributed by atoms with Crippen LogP contribution in [0.1, 0.15) is 42.0 Å². The summed E-state index contributed by atoms with van der Waals surface area (Å²) in [5.41, 5.74) is 3.84. The van der Waals surface area contributed by atoms with Gasteiger partial charge in [0.05, 0.1) is 6.54 Å². The van der Waals surface area contributed by atoms with Crippen molar-refractivity contribution in [3.63, 3.8) is 0 Å². The third-order valence-corrected chi connectivity index (χ3v) is 5.66. The minimum Gasteiger partial charge on any atom is -0.454 e. The summed E-state index contributed by atoms with van der Waals surface area (Å²) in [5, 5.41) is 0. The van der Waals surface area contributed by atoms with E-state index in [4.69, 9.17) is 9.47 Å². The number of fused-ring (bicyclic) bond motifs is 1. The van der Waals surface area contributed by atoms with Crippen molar-refractivity contribution in [1.82, 2.24) is 9.47 Å². The molecule has 1 fully saturated rings. The van der Waals surface area contributed by atoms with Gasteiger partial charge >= 0.3 is 0 Å². The molecule has 27 heavy (non-hydrogen) atoms. The number of piperidine rings is 1. The van der Waals surface area contributed by atoms with Gasteiger partial charge in [-0.3, -0.25) is 9.69 Å². The number of carbonyl (C=O) groups excluding carboxylic acids is 1. The van der Waals surface area contributed by atoms with Crippen molar-refractivity contribution in [3.8, 4) is 17.2 Å². The quantitative estimate of drug-likeness (QED) is 0.766. The van der Waals surface area contributed by atoms with Crippen LogP contribution < -0.4 is 9.47 Å². The van der Waals surface area contributed by atoms with Gasteiger partial charge in [0.15, 0.2) is 17.3 Å². The highest BCUT2D eigenvalue weighted by Gasteiger charge is 2.25. The lowest BCUT2D eigenvalue weighted by Gasteiger charge is -2.34. The van der Waals surface area contributed by atoms with Crippen LogP contribution >= 0.6 is 0 Å². The number of aromatic nitrogens is 1. The van der Waals surface area contributed by atoms with Crippen LogP contribution in [0.4, 0.5) is 0 Å². The molecule has 1 aromatic heterocycles. The molecule has 5 nitrogen and oxygen atoms in total. The average molecular weight is 368 g/mol. The standard InChI is InChI=1S/C22H28N2O3/c1-14-7-15(2)11-23(10-14)12-20(25)19-8-16(3)24(17(19)4)18-5-6-21-22(9-18)27-13-26-21/h5-6,8-9,14-15H,7,10-13H2,1-4H3. The molecule has 0 amide bonds. The topological polar surface area (TPSA) is 43.7 Å². The maximum absolute atomic E-state index is 13.0. The molecule has 2 aliphatic rings. The summed E-state index contributed by atoms with van der Waals surface area (Å²) in [5.74, 6) is 3.04. The minimum atomic E-state index is 0.205. The monoisotopic (exact) mass is 368 g/mol. The SMILES string of the molecule is Cc1cc(C(=O)CN2CC(C)CC(C)C2)c(C)n1-c1ccc2c(c1)OCO2. The Morgan fingerprint density at radius 2 is 1.78 bits per heavy atom. The van der Waals surface area contributed by atoms with E-state index in [2.05, 4.69) is 23.3 Å². The number of hydrogen-bond acceptors (Lipinski definition) is 4. The number of ether oxygens (including phenoxy) is 2. The summed E-state index contributed by atoms with van der Waals surface area (Å²) >= 11 is 0. The predicted octanol–water partition coefficient (Wildman–Crippen LogP) is 3.98. The molecule has 2 aliphatic heterocycles. The number of likely N-dealkylation sites (tertiary alicyclic amines) is 1. The molecule has 2 atom stereocenters. The second kappa shape index (κ2) is 7.04. The highest BCUT2D eigenvalue weighted by Crippen LogP contribution is 2.35. The van der Waals surface area contributed by atoms with Gasteiger partial charge in [0.25, 0.3) is 0 Å². The Bertz CT molecular complexity index is 861. The highest BCUT2D eigenvalue weighted by molar-refractivity contribution is 5.99. The lowest BCUT2D eigenvalue weighted by Crippen LogP contribution is -2.41. The second-order valence-electron chi connectivity index (χ2n) is 8.22. The number of aryl methyl sites for hydroxylation is 1. The third-order valence-electron chi connectivity index (χ3n) is 5.66. The zero-order chi connectivity index (χ0) is 19.1. The Balaban J connectivity index is 1.58. The molecule has 0 bridgehead atoms. The second-order valence-corrected chi connectivity index (χ2v) is 8.22. The Labute approximate surface area is 160 Å². The van der Waals surface area contributed by atoms with E-state index in [9.17, 15) is 4.79 Å². The van der Waals surface area contributed by atoms with Crippen LogP contribution in [-0.4, -0.2) is 41.7 Å². The van der Waals surface area contributed by atoms with Crippen LogP contribution in [0.2, 0.25) is 0 Å². The van der Waals surface area contributed by atoms with Gasteiger partial charge in [-0.1, -0.05) is 13.8 Å². The van der Waals surface area contributed by atoms with E-state index in [-0.39, 0.29) is 12.6 Å². The predicted molar refractivity (Wildman–Crippen MR) is 105 cm³/mol. The van der Waals surface area contributed by atoms with Crippen LogP contribution in [0.3, 0.4) is 0 Å².